The van der Waals surface area contributed by atoms with E-state index in [1.54, 1.807) is 0 Å². The molecule has 1 saturated carbocycles. The molecule has 1 atom stereocenters. The third-order valence-corrected chi connectivity index (χ3v) is 2.59. The number of hydrogen-bond donors (Lipinski definition) is 1. The lowest BCUT2D eigenvalue weighted by Crippen LogP contribution is -2.11. The Labute approximate surface area is 73.6 Å². The lowest BCUT2D eigenvalue weighted by atomic mass is 10.0. The van der Waals surface area contributed by atoms with Crippen molar-refractivity contribution in [2.45, 2.75) is 25.8 Å². The predicted octanol–water partition coefficient (Wildman–Crippen LogP) is 2.40. The molecule has 0 radical (unpaired) electrons. The van der Waals surface area contributed by atoms with Gasteiger partial charge in [0.2, 0.25) is 0 Å². The molecule has 0 saturated heterocycles. The highest BCUT2D eigenvalue weighted by Gasteiger charge is 2.29. The van der Waals surface area contributed by atoms with Gasteiger partial charge in [0.05, 0.1) is 0 Å². The van der Waals surface area contributed by atoms with E-state index in [4.69, 9.17) is 5.73 Å². The van der Waals surface area contributed by atoms with Gasteiger partial charge in [-0.2, -0.15) is 0 Å². The molecule has 1 nitrogen and oxygen atoms in total. The van der Waals surface area contributed by atoms with Gasteiger partial charge in [-0.1, -0.05) is 29.8 Å². The summed E-state index contributed by atoms with van der Waals surface area (Å²) in [6.07, 6.45) is 2.63. The molecule has 1 aliphatic carbocycles. The van der Waals surface area contributed by atoms with Crippen LogP contribution < -0.4 is 5.73 Å². The topological polar surface area (TPSA) is 26.0 Å². The van der Waals surface area contributed by atoms with Gasteiger partial charge in [-0.05, 0) is 31.2 Å². The van der Waals surface area contributed by atoms with Gasteiger partial charge in [0.1, 0.15) is 0 Å². The SMILES string of the molecule is Cc1ccc([C@H](N)C2CC2)cc1. The van der Waals surface area contributed by atoms with E-state index < -0.39 is 0 Å². The molecule has 1 heteroatoms. The molecule has 0 aromatic heterocycles. The molecule has 1 aromatic carbocycles. The average Bonchev–Trinajstić information content (AvgIpc) is 2.87. The number of benzene rings is 1. The van der Waals surface area contributed by atoms with Gasteiger partial charge in [0.15, 0.2) is 0 Å². The van der Waals surface area contributed by atoms with Crippen molar-refractivity contribution in [1.82, 2.24) is 0 Å². The Kier molecular flexibility index (Phi) is 1.89. The first-order valence-corrected chi connectivity index (χ1v) is 4.59. The summed E-state index contributed by atoms with van der Waals surface area (Å²) in [7, 11) is 0. The second kappa shape index (κ2) is 2.91. The van der Waals surface area contributed by atoms with Crippen molar-refractivity contribution in [3.05, 3.63) is 35.4 Å². The maximum atomic E-state index is 6.05. The van der Waals surface area contributed by atoms with Crippen LogP contribution in [-0.4, -0.2) is 0 Å². The number of aryl methyl sites for hydroxylation is 1. The van der Waals surface area contributed by atoms with Crippen molar-refractivity contribution in [3.8, 4) is 0 Å². The minimum absolute atomic E-state index is 0.283. The molecule has 0 aliphatic heterocycles. The summed E-state index contributed by atoms with van der Waals surface area (Å²) in [4.78, 5) is 0. The first-order chi connectivity index (χ1) is 5.77. The highest BCUT2D eigenvalue weighted by Crippen LogP contribution is 2.39. The van der Waals surface area contributed by atoms with Gasteiger partial charge in [-0.15, -0.1) is 0 Å². The van der Waals surface area contributed by atoms with E-state index in [1.165, 1.54) is 24.0 Å². The highest BCUT2D eigenvalue weighted by atomic mass is 14.7. The lowest BCUT2D eigenvalue weighted by Gasteiger charge is -2.10. The quantitative estimate of drug-likeness (QED) is 0.708. The Bertz CT molecular complexity index is 259. The fourth-order valence-electron chi connectivity index (χ4n) is 1.52. The van der Waals surface area contributed by atoms with Crippen LogP contribution in [-0.2, 0) is 0 Å². The molecule has 1 fully saturated rings. The second-order valence-electron chi connectivity index (χ2n) is 3.77. The summed E-state index contributed by atoms with van der Waals surface area (Å²) in [5.41, 5.74) is 8.65. The van der Waals surface area contributed by atoms with Crippen LogP contribution >= 0.6 is 0 Å². The highest BCUT2D eigenvalue weighted by molar-refractivity contribution is 5.25. The summed E-state index contributed by atoms with van der Waals surface area (Å²) in [5.74, 6) is 0.757. The molecule has 64 valence electrons. The second-order valence-corrected chi connectivity index (χ2v) is 3.77. The first-order valence-electron chi connectivity index (χ1n) is 4.59. The Hall–Kier alpha value is -0.820. The maximum Gasteiger partial charge on any atom is 0.0323 e. The molecular formula is C11H15N. The van der Waals surface area contributed by atoms with E-state index in [-0.39, 0.29) is 6.04 Å². The molecule has 0 spiro atoms. The van der Waals surface area contributed by atoms with E-state index in [1.807, 2.05) is 0 Å². The van der Waals surface area contributed by atoms with Gasteiger partial charge in [0, 0.05) is 6.04 Å². The third kappa shape index (κ3) is 1.51. The van der Waals surface area contributed by atoms with Gasteiger partial charge >= 0.3 is 0 Å². The smallest absolute Gasteiger partial charge is 0.0323 e. The van der Waals surface area contributed by atoms with E-state index in [0.717, 1.165) is 5.92 Å². The predicted molar refractivity (Wildman–Crippen MR) is 50.8 cm³/mol. The molecule has 0 amide bonds. The summed E-state index contributed by atoms with van der Waals surface area (Å²) >= 11 is 0. The zero-order valence-corrected chi connectivity index (χ0v) is 7.46. The molecule has 0 heterocycles. The fraction of sp³-hybridized carbons (Fsp3) is 0.455. The van der Waals surface area contributed by atoms with Crippen LogP contribution in [0.4, 0.5) is 0 Å². The van der Waals surface area contributed by atoms with E-state index in [2.05, 4.69) is 31.2 Å². The van der Waals surface area contributed by atoms with Crippen LogP contribution in [0.15, 0.2) is 24.3 Å². The molecule has 0 bridgehead atoms. The van der Waals surface area contributed by atoms with Crippen molar-refractivity contribution < 1.29 is 0 Å². The lowest BCUT2D eigenvalue weighted by molar-refractivity contribution is 0.633. The van der Waals surface area contributed by atoms with E-state index in [0.29, 0.717) is 0 Å². The molecule has 1 aromatic rings. The molecule has 12 heavy (non-hydrogen) atoms. The molecular weight excluding hydrogens is 146 g/mol. The Morgan fingerprint density at radius 3 is 2.33 bits per heavy atom. The Morgan fingerprint density at radius 1 is 1.25 bits per heavy atom. The van der Waals surface area contributed by atoms with Crippen LogP contribution in [0.2, 0.25) is 0 Å². The summed E-state index contributed by atoms with van der Waals surface area (Å²) < 4.78 is 0. The standard InChI is InChI=1S/C11H15N/c1-8-2-4-9(5-3-8)11(12)10-6-7-10/h2-5,10-11H,6-7,12H2,1H3/t11-/m0/s1. The zero-order chi connectivity index (χ0) is 8.55. The Balaban J connectivity index is 2.16. The molecule has 1 aliphatic rings. The average molecular weight is 161 g/mol. The number of rotatable bonds is 2. The zero-order valence-electron chi connectivity index (χ0n) is 7.46. The number of hydrogen-bond acceptors (Lipinski definition) is 1. The summed E-state index contributed by atoms with van der Waals surface area (Å²) in [6, 6.07) is 8.86. The van der Waals surface area contributed by atoms with Gasteiger partial charge in [-0.3, -0.25) is 0 Å². The van der Waals surface area contributed by atoms with Crippen molar-refractivity contribution in [1.29, 1.82) is 0 Å². The van der Waals surface area contributed by atoms with Gasteiger partial charge < -0.3 is 5.73 Å². The first kappa shape index (κ1) is 7.81. The van der Waals surface area contributed by atoms with Crippen molar-refractivity contribution in [2.75, 3.05) is 0 Å². The third-order valence-electron chi connectivity index (χ3n) is 2.59. The van der Waals surface area contributed by atoms with Crippen molar-refractivity contribution in [3.63, 3.8) is 0 Å². The molecule has 0 unspecified atom stereocenters. The maximum absolute atomic E-state index is 6.05. The molecule has 2 rings (SSSR count). The largest absolute Gasteiger partial charge is 0.324 e. The molecule has 2 N–H and O–H groups in total. The summed E-state index contributed by atoms with van der Waals surface area (Å²) in [6.45, 7) is 2.10. The van der Waals surface area contributed by atoms with Crippen LogP contribution in [0, 0.1) is 12.8 Å². The minimum atomic E-state index is 0.283. The minimum Gasteiger partial charge on any atom is -0.324 e. The van der Waals surface area contributed by atoms with Crippen LogP contribution in [0.3, 0.4) is 0 Å². The van der Waals surface area contributed by atoms with Crippen LogP contribution in [0.25, 0.3) is 0 Å². The fourth-order valence-corrected chi connectivity index (χ4v) is 1.52. The monoisotopic (exact) mass is 161 g/mol. The summed E-state index contributed by atoms with van der Waals surface area (Å²) in [5, 5.41) is 0. The Morgan fingerprint density at radius 2 is 1.83 bits per heavy atom. The van der Waals surface area contributed by atoms with E-state index in [9.17, 15) is 0 Å². The normalized spacial score (nSPS) is 19.2. The van der Waals surface area contributed by atoms with Crippen LogP contribution in [0.5, 0.6) is 0 Å². The van der Waals surface area contributed by atoms with Crippen molar-refractivity contribution >= 4 is 0 Å². The van der Waals surface area contributed by atoms with Crippen molar-refractivity contribution in [2.24, 2.45) is 11.7 Å². The van der Waals surface area contributed by atoms with E-state index >= 15 is 0 Å². The van der Waals surface area contributed by atoms with Crippen LogP contribution in [0.1, 0.15) is 30.0 Å². The van der Waals surface area contributed by atoms with Gasteiger partial charge in [-0.25, -0.2) is 0 Å². The van der Waals surface area contributed by atoms with Gasteiger partial charge in [0.25, 0.3) is 0 Å². The number of nitrogens with two attached hydrogens (primary N) is 1.